The van der Waals surface area contributed by atoms with E-state index in [1.54, 1.807) is 0 Å². The Kier molecular flexibility index (Phi) is 6.83. The molecular formula is C14H20O3S. The first kappa shape index (κ1) is 15.1. The van der Waals surface area contributed by atoms with Crippen molar-refractivity contribution in [3.05, 3.63) is 30.3 Å². The van der Waals surface area contributed by atoms with Crippen LogP contribution in [0.4, 0.5) is 0 Å². The van der Waals surface area contributed by atoms with Crippen LogP contribution in [0, 0.1) is 0 Å². The number of carboxylic acids is 1. The zero-order valence-electron chi connectivity index (χ0n) is 10.6. The molecule has 0 aliphatic rings. The number of unbranched alkanes of at least 4 members (excludes halogenated alkanes) is 2. The molecule has 0 heterocycles. The van der Waals surface area contributed by atoms with Crippen LogP contribution in [-0.2, 0) is 4.79 Å². The minimum atomic E-state index is -1.30. The zero-order chi connectivity index (χ0) is 13.4. The van der Waals surface area contributed by atoms with Gasteiger partial charge in [-0.25, -0.2) is 4.79 Å². The molecular weight excluding hydrogens is 248 g/mol. The fraction of sp³-hybridized carbons (Fsp3) is 0.500. The molecule has 0 fully saturated rings. The van der Waals surface area contributed by atoms with Crippen LogP contribution in [0.15, 0.2) is 35.2 Å². The molecule has 2 unspecified atom stereocenters. The van der Waals surface area contributed by atoms with Crippen molar-refractivity contribution < 1.29 is 15.0 Å². The molecule has 18 heavy (non-hydrogen) atoms. The molecule has 0 aliphatic carbocycles. The first-order valence-corrected chi connectivity index (χ1v) is 7.15. The molecule has 0 saturated heterocycles. The molecule has 1 aromatic carbocycles. The zero-order valence-corrected chi connectivity index (χ0v) is 11.4. The average molecular weight is 268 g/mol. The summed E-state index contributed by atoms with van der Waals surface area (Å²) in [6, 6.07) is 9.62. The van der Waals surface area contributed by atoms with Gasteiger partial charge in [-0.2, -0.15) is 0 Å². The Morgan fingerprint density at radius 3 is 2.50 bits per heavy atom. The third-order valence-electron chi connectivity index (χ3n) is 2.73. The van der Waals surface area contributed by atoms with Gasteiger partial charge in [0, 0.05) is 10.1 Å². The molecule has 1 rings (SSSR count). The molecule has 0 saturated carbocycles. The number of rotatable bonds is 8. The van der Waals surface area contributed by atoms with Crippen molar-refractivity contribution in [2.75, 3.05) is 0 Å². The van der Waals surface area contributed by atoms with Gasteiger partial charge in [0.2, 0.25) is 0 Å². The molecule has 0 spiro atoms. The Morgan fingerprint density at radius 2 is 1.94 bits per heavy atom. The van der Waals surface area contributed by atoms with E-state index < -0.39 is 12.1 Å². The van der Waals surface area contributed by atoms with Gasteiger partial charge in [0.05, 0.1) is 0 Å². The van der Waals surface area contributed by atoms with Crippen LogP contribution in [0.2, 0.25) is 0 Å². The quantitative estimate of drug-likeness (QED) is 0.561. The van der Waals surface area contributed by atoms with Gasteiger partial charge in [0.1, 0.15) is 0 Å². The highest BCUT2D eigenvalue weighted by Crippen LogP contribution is 2.29. The lowest BCUT2D eigenvalue weighted by Crippen LogP contribution is -2.31. The fourth-order valence-electron chi connectivity index (χ4n) is 1.71. The van der Waals surface area contributed by atoms with Crippen LogP contribution >= 0.6 is 11.8 Å². The standard InChI is InChI=1S/C14H20O3S/c1-2-3-5-10-12(13(15)14(16)17)18-11-8-6-4-7-9-11/h4,6-9,12-13,15H,2-3,5,10H2,1H3,(H,16,17). The Bertz CT molecular complexity index is 353. The Labute approximate surface area is 112 Å². The van der Waals surface area contributed by atoms with E-state index in [1.807, 2.05) is 30.3 Å². The molecule has 2 N–H and O–H groups in total. The monoisotopic (exact) mass is 268 g/mol. The highest BCUT2D eigenvalue weighted by Gasteiger charge is 2.26. The van der Waals surface area contributed by atoms with Crippen LogP contribution < -0.4 is 0 Å². The van der Waals surface area contributed by atoms with Gasteiger partial charge in [-0.1, -0.05) is 44.4 Å². The predicted octanol–water partition coefficient (Wildman–Crippen LogP) is 3.17. The van der Waals surface area contributed by atoms with Crippen molar-refractivity contribution in [1.82, 2.24) is 0 Å². The summed E-state index contributed by atoms with van der Waals surface area (Å²) >= 11 is 1.44. The van der Waals surface area contributed by atoms with Crippen molar-refractivity contribution >= 4 is 17.7 Å². The van der Waals surface area contributed by atoms with Crippen LogP contribution in [0.5, 0.6) is 0 Å². The number of benzene rings is 1. The van der Waals surface area contributed by atoms with Gasteiger partial charge in [0.15, 0.2) is 6.10 Å². The number of carboxylic acid groups (broad SMARTS) is 1. The lowest BCUT2D eigenvalue weighted by molar-refractivity contribution is -0.146. The number of aliphatic hydroxyl groups is 1. The largest absolute Gasteiger partial charge is 0.479 e. The summed E-state index contributed by atoms with van der Waals surface area (Å²) in [7, 11) is 0. The molecule has 0 bridgehead atoms. The Hall–Kier alpha value is -1.00. The van der Waals surface area contributed by atoms with Gasteiger partial charge in [-0.15, -0.1) is 11.8 Å². The molecule has 3 nitrogen and oxygen atoms in total. The number of aliphatic carboxylic acids is 1. The van der Waals surface area contributed by atoms with E-state index in [0.29, 0.717) is 0 Å². The summed E-state index contributed by atoms with van der Waals surface area (Å²) in [6.07, 6.45) is 2.53. The molecule has 2 atom stereocenters. The van der Waals surface area contributed by atoms with Gasteiger partial charge >= 0.3 is 5.97 Å². The second kappa shape index (κ2) is 8.16. The van der Waals surface area contributed by atoms with Crippen molar-refractivity contribution in [3.8, 4) is 0 Å². The third-order valence-corrected chi connectivity index (χ3v) is 4.07. The fourth-order valence-corrected chi connectivity index (χ4v) is 2.90. The van der Waals surface area contributed by atoms with E-state index in [0.717, 1.165) is 30.6 Å². The van der Waals surface area contributed by atoms with Crippen molar-refractivity contribution in [1.29, 1.82) is 0 Å². The highest BCUT2D eigenvalue weighted by molar-refractivity contribution is 8.00. The second-order valence-electron chi connectivity index (χ2n) is 4.25. The summed E-state index contributed by atoms with van der Waals surface area (Å²) < 4.78 is 0. The van der Waals surface area contributed by atoms with Crippen LogP contribution in [0.25, 0.3) is 0 Å². The summed E-state index contributed by atoms with van der Waals surface area (Å²) in [6.45, 7) is 2.10. The summed E-state index contributed by atoms with van der Waals surface area (Å²) in [5, 5.41) is 18.4. The smallest absolute Gasteiger partial charge is 0.333 e. The second-order valence-corrected chi connectivity index (χ2v) is 5.56. The minimum absolute atomic E-state index is 0.281. The first-order chi connectivity index (χ1) is 8.65. The molecule has 0 radical (unpaired) electrons. The molecule has 100 valence electrons. The van der Waals surface area contributed by atoms with E-state index in [1.165, 1.54) is 11.8 Å². The minimum Gasteiger partial charge on any atom is -0.479 e. The molecule has 0 aromatic heterocycles. The maximum atomic E-state index is 10.9. The lowest BCUT2D eigenvalue weighted by atomic mass is 10.1. The lowest BCUT2D eigenvalue weighted by Gasteiger charge is -2.19. The van der Waals surface area contributed by atoms with Gasteiger partial charge < -0.3 is 10.2 Å². The van der Waals surface area contributed by atoms with Crippen LogP contribution in [-0.4, -0.2) is 27.5 Å². The first-order valence-electron chi connectivity index (χ1n) is 6.27. The highest BCUT2D eigenvalue weighted by atomic mass is 32.2. The number of thioether (sulfide) groups is 1. The van der Waals surface area contributed by atoms with Crippen LogP contribution in [0.3, 0.4) is 0 Å². The summed E-state index contributed by atoms with van der Waals surface area (Å²) in [5.74, 6) is -1.14. The van der Waals surface area contributed by atoms with Crippen molar-refractivity contribution in [3.63, 3.8) is 0 Å². The van der Waals surface area contributed by atoms with Gasteiger partial charge in [-0.05, 0) is 18.6 Å². The topological polar surface area (TPSA) is 57.5 Å². The normalized spacial score (nSPS) is 14.1. The molecule has 1 aromatic rings. The average Bonchev–Trinajstić information content (AvgIpc) is 2.38. The number of hydrogen-bond donors (Lipinski definition) is 2. The predicted molar refractivity (Wildman–Crippen MR) is 73.9 cm³/mol. The van der Waals surface area contributed by atoms with E-state index in [9.17, 15) is 9.90 Å². The van der Waals surface area contributed by atoms with Crippen molar-refractivity contribution in [2.45, 2.75) is 48.9 Å². The summed E-state index contributed by atoms with van der Waals surface area (Å²) in [5.41, 5.74) is 0. The van der Waals surface area contributed by atoms with E-state index >= 15 is 0 Å². The number of hydrogen-bond acceptors (Lipinski definition) is 3. The maximum absolute atomic E-state index is 10.9. The van der Waals surface area contributed by atoms with E-state index in [2.05, 4.69) is 6.92 Å². The van der Waals surface area contributed by atoms with Gasteiger partial charge in [0.25, 0.3) is 0 Å². The van der Waals surface area contributed by atoms with E-state index in [4.69, 9.17) is 5.11 Å². The molecule has 0 amide bonds. The molecule has 0 aliphatic heterocycles. The SMILES string of the molecule is CCCCCC(Sc1ccccc1)C(O)C(=O)O. The number of carbonyl (C=O) groups is 1. The molecule has 4 heteroatoms. The summed E-state index contributed by atoms with van der Waals surface area (Å²) in [4.78, 5) is 11.9. The number of aliphatic hydroxyl groups excluding tert-OH is 1. The Morgan fingerprint density at radius 1 is 1.28 bits per heavy atom. The maximum Gasteiger partial charge on any atom is 0.333 e. The van der Waals surface area contributed by atoms with E-state index in [-0.39, 0.29) is 5.25 Å². The third kappa shape index (κ3) is 5.10. The Balaban J connectivity index is 2.62. The van der Waals surface area contributed by atoms with Gasteiger partial charge in [-0.3, -0.25) is 0 Å². The van der Waals surface area contributed by atoms with Crippen LogP contribution in [0.1, 0.15) is 32.6 Å². The van der Waals surface area contributed by atoms with Crippen molar-refractivity contribution in [2.24, 2.45) is 0 Å².